The van der Waals surface area contributed by atoms with Crippen molar-refractivity contribution in [1.29, 1.82) is 0 Å². The number of nitrogens with one attached hydrogen (secondary N) is 1. The number of hydrogen-bond donors (Lipinski definition) is 1. The van der Waals surface area contributed by atoms with Gasteiger partial charge in [0.1, 0.15) is 11.3 Å². The molecule has 0 saturated carbocycles. The molecule has 0 radical (unpaired) electrons. The van der Waals surface area contributed by atoms with Crippen molar-refractivity contribution < 1.29 is 23.2 Å². The first-order chi connectivity index (χ1) is 11.9. The molecular weight excluding hydrogens is 334 g/mol. The minimum absolute atomic E-state index is 0.0489. The second-order valence-corrected chi connectivity index (χ2v) is 5.12. The molecule has 0 spiro atoms. The first kappa shape index (κ1) is 18.3. The standard InChI is InChI=1S/C17H16F2N2O4/c1-2-13(11-7-4-6-10-15(11)25-17(18)19)20-16(22)12-8-3-5-9-14(12)21(23)24/h3-10,13,17H,2H2,1H3,(H,20,22). The number of benzene rings is 2. The van der Waals surface area contributed by atoms with Gasteiger partial charge in [0.05, 0.1) is 11.0 Å². The second kappa shape index (κ2) is 8.18. The van der Waals surface area contributed by atoms with Gasteiger partial charge in [-0.1, -0.05) is 37.3 Å². The number of hydrogen-bond acceptors (Lipinski definition) is 4. The fraction of sp³-hybridized carbons (Fsp3) is 0.235. The van der Waals surface area contributed by atoms with E-state index in [1.807, 2.05) is 0 Å². The maximum atomic E-state index is 12.6. The predicted octanol–water partition coefficient (Wildman–Crippen LogP) is 4.08. The largest absolute Gasteiger partial charge is 0.434 e. The van der Waals surface area contributed by atoms with E-state index in [9.17, 15) is 23.7 Å². The lowest BCUT2D eigenvalue weighted by molar-refractivity contribution is -0.385. The minimum Gasteiger partial charge on any atom is -0.434 e. The molecule has 1 atom stereocenters. The Kier molecular flexibility index (Phi) is 5.99. The van der Waals surface area contributed by atoms with Crippen molar-refractivity contribution in [3.63, 3.8) is 0 Å². The van der Waals surface area contributed by atoms with E-state index in [0.29, 0.717) is 12.0 Å². The van der Waals surface area contributed by atoms with Crippen LogP contribution in [-0.2, 0) is 0 Å². The smallest absolute Gasteiger partial charge is 0.387 e. The van der Waals surface area contributed by atoms with Crippen molar-refractivity contribution in [3.05, 3.63) is 69.8 Å². The van der Waals surface area contributed by atoms with Crippen molar-refractivity contribution in [3.8, 4) is 5.75 Å². The van der Waals surface area contributed by atoms with E-state index < -0.39 is 23.5 Å². The SMILES string of the molecule is CCC(NC(=O)c1ccccc1[N+](=O)[O-])c1ccccc1OC(F)F. The first-order valence-corrected chi connectivity index (χ1v) is 7.52. The summed E-state index contributed by atoms with van der Waals surface area (Å²) in [5.41, 5.74) is -0.0533. The number of nitro benzene ring substituents is 1. The quantitative estimate of drug-likeness (QED) is 0.603. The molecule has 2 rings (SSSR count). The third-order valence-electron chi connectivity index (χ3n) is 3.57. The Balaban J connectivity index is 2.29. The molecule has 6 nitrogen and oxygen atoms in total. The fourth-order valence-electron chi connectivity index (χ4n) is 2.43. The van der Waals surface area contributed by atoms with Gasteiger partial charge in [0.25, 0.3) is 11.6 Å². The summed E-state index contributed by atoms with van der Waals surface area (Å²) in [6.07, 6.45) is 0.385. The second-order valence-electron chi connectivity index (χ2n) is 5.12. The molecule has 0 aliphatic heterocycles. The number of nitro groups is 1. The van der Waals surface area contributed by atoms with Crippen molar-refractivity contribution in [1.82, 2.24) is 5.32 Å². The molecule has 2 aromatic rings. The average Bonchev–Trinajstić information content (AvgIpc) is 2.59. The van der Waals surface area contributed by atoms with Crippen LogP contribution in [0.3, 0.4) is 0 Å². The van der Waals surface area contributed by atoms with Crippen LogP contribution in [0, 0.1) is 10.1 Å². The zero-order valence-corrected chi connectivity index (χ0v) is 13.3. The van der Waals surface area contributed by atoms with Gasteiger partial charge in [-0.2, -0.15) is 8.78 Å². The molecule has 0 aromatic heterocycles. The van der Waals surface area contributed by atoms with Crippen molar-refractivity contribution in [2.24, 2.45) is 0 Å². The highest BCUT2D eigenvalue weighted by Gasteiger charge is 2.23. The first-order valence-electron chi connectivity index (χ1n) is 7.52. The van der Waals surface area contributed by atoms with E-state index in [0.717, 1.165) is 0 Å². The average molecular weight is 350 g/mol. The van der Waals surface area contributed by atoms with Crippen LogP contribution >= 0.6 is 0 Å². The van der Waals surface area contributed by atoms with Gasteiger partial charge in [-0.25, -0.2) is 0 Å². The van der Waals surface area contributed by atoms with Gasteiger partial charge >= 0.3 is 6.61 Å². The van der Waals surface area contributed by atoms with Gasteiger partial charge in [-0.05, 0) is 18.6 Å². The summed E-state index contributed by atoms with van der Waals surface area (Å²) in [4.78, 5) is 22.8. The molecule has 0 aliphatic carbocycles. The van der Waals surface area contributed by atoms with Crippen LogP contribution in [-0.4, -0.2) is 17.4 Å². The van der Waals surface area contributed by atoms with Gasteiger partial charge < -0.3 is 10.1 Å². The molecule has 132 valence electrons. The van der Waals surface area contributed by atoms with Gasteiger partial charge in [0.2, 0.25) is 0 Å². The Hall–Kier alpha value is -3.03. The van der Waals surface area contributed by atoms with E-state index in [1.54, 1.807) is 19.1 Å². The van der Waals surface area contributed by atoms with Crippen LogP contribution in [0.15, 0.2) is 48.5 Å². The zero-order valence-electron chi connectivity index (χ0n) is 13.3. The molecule has 8 heteroatoms. The van der Waals surface area contributed by atoms with E-state index in [1.165, 1.54) is 36.4 Å². The van der Waals surface area contributed by atoms with Crippen LogP contribution in [0.1, 0.15) is 35.3 Å². The summed E-state index contributed by atoms with van der Waals surface area (Å²) < 4.78 is 29.6. The molecule has 0 heterocycles. The van der Waals surface area contributed by atoms with Crippen LogP contribution in [0.2, 0.25) is 0 Å². The van der Waals surface area contributed by atoms with Crippen LogP contribution in [0.5, 0.6) is 5.75 Å². The minimum atomic E-state index is -3.00. The number of ether oxygens (including phenoxy) is 1. The monoisotopic (exact) mass is 350 g/mol. The summed E-state index contributed by atoms with van der Waals surface area (Å²) in [6, 6.07) is 11.0. The molecule has 0 bridgehead atoms. The van der Waals surface area contributed by atoms with Crippen LogP contribution in [0.4, 0.5) is 14.5 Å². The number of nitrogens with zero attached hydrogens (tertiary/aromatic N) is 1. The number of rotatable bonds is 7. The molecule has 0 saturated heterocycles. The molecule has 0 aliphatic rings. The van der Waals surface area contributed by atoms with E-state index >= 15 is 0 Å². The highest BCUT2D eigenvalue weighted by Crippen LogP contribution is 2.29. The summed E-state index contributed by atoms with van der Waals surface area (Å²) in [5.74, 6) is -0.710. The zero-order chi connectivity index (χ0) is 18.4. The van der Waals surface area contributed by atoms with Gasteiger partial charge in [-0.3, -0.25) is 14.9 Å². The Morgan fingerprint density at radius 3 is 2.48 bits per heavy atom. The number of carbonyl (C=O) groups is 1. The normalized spacial score (nSPS) is 11.8. The van der Waals surface area contributed by atoms with Crippen molar-refractivity contribution >= 4 is 11.6 Å². The van der Waals surface area contributed by atoms with E-state index in [-0.39, 0.29) is 17.0 Å². The number of para-hydroxylation sites is 2. The Bertz CT molecular complexity index is 768. The number of halogens is 2. The third-order valence-corrected chi connectivity index (χ3v) is 3.57. The lowest BCUT2D eigenvalue weighted by Gasteiger charge is -2.20. The van der Waals surface area contributed by atoms with Gasteiger partial charge in [-0.15, -0.1) is 0 Å². The Morgan fingerprint density at radius 1 is 1.20 bits per heavy atom. The third kappa shape index (κ3) is 4.50. The summed E-state index contributed by atoms with van der Waals surface area (Å²) in [5, 5.41) is 13.7. The predicted molar refractivity (Wildman–Crippen MR) is 86.7 cm³/mol. The number of carbonyl (C=O) groups excluding carboxylic acids is 1. The van der Waals surface area contributed by atoms with Crippen LogP contribution < -0.4 is 10.1 Å². The molecule has 1 N–H and O–H groups in total. The molecular formula is C17H16F2N2O4. The number of amides is 1. The molecule has 0 fully saturated rings. The van der Waals surface area contributed by atoms with Gasteiger partial charge in [0.15, 0.2) is 0 Å². The molecule has 1 amide bonds. The van der Waals surface area contributed by atoms with Gasteiger partial charge in [0, 0.05) is 11.6 Å². The molecule has 25 heavy (non-hydrogen) atoms. The molecule has 2 aromatic carbocycles. The van der Waals surface area contributed by atoms with Crippen molar-refractivity contribution in [2.45, 2.75) is 26.0 Å². The lowest BCUT2D eigenvalue weighted by Crippen LogP contribution is -2.29. The summed E-state index contributed by atoms with van der Waals surface area (Å²) in [7, 11) is 0. The van der Waals surface area contributed by atoms with Crippen molar-refractivity contribution in [2.75, 3.05) is 0 Å². The lowest BCUT2D eigenvalue weighted by atomic mass is 10.0. The highest BCUT2D eigenvalue weighted by atomic mass is 19.3. The maximum Gasteiger partial charge on any atom is 0.387 e. The van der Waals surface area contributed by atoms with E-state index in [2.05, 4.69) is 10.1 Å². The Morgan fingerprint density at radius 2 is 1.84 bits per heavy atom. The highest BCUT2D eigenvalue weighted by molar-refractivity contribution is 5.98. The summed E-state index contributed by atoms with van der Waals surface area (Å²) >= 11 is 0. The topological polar surface area (TPSA) is 81.5 Å². The van der Waals surface area contributed by atoms with E-state index in [4.69, 9.17) is 0 Å². The number of alkyl halides is 2. The Labute approximate surface area is 142 Å². The van der Waals surface area contributed by atoms with Crippen LogP contribution in [0.25, 0.3) is 0 Å². The summed E-state index contributed by atoms with van der Waals surface area (Å²) in [6.45, 7) is -1.24. The fourth-order valence-corrected chi connectivity index (χ4v) is 2.43. The molecule has 1 unspecified atom stereocenters. The maximum absolute atomic E-state index is 12.6.